The molecule has 110 valence electrons. The molecule has 1 aromatic rings. The van der Waals surface area contributed by atoms with Crippen LogP contribution in [-0.2, 0) is 0 Å². The van der Waals surface area contributed by atoms with Crippen LogP contribution in [0.15, 0.2) is 18.2 Å². The van der Waals surface area contributed by atoms with Gasteiger partial charge in [-0.3, -0.25) is 4.79 Å². The highest BCUT2D eigenvalue weighted by Crippen LogP contribution is 2.25. The SMILES string of the molecule is CCOc1cc(Cl)ccc1C(=O)NC1CCCCC1O. The highest BCUT2D eigenvalue weighted by atomic mass is 35.5. The summed E-state index contributed by atoms with van der Waals surface area (Å²) in [6.45, 7) is 2.32. The first kappa shape index (κ1) is 15.1. The monoisotopic (exact) mass is 297 g/mol. The van der Waals surface area contributed by atoms with Crippen LogP contribution in [0.3, 0.4) is 0 Å². The number of nitrogens with one attached hydrogen (secondary N) is 1. The zero-order chi connectivity index (χ0) is 14.5. The smallest absolute Gasteiger partial charge is 0.255 e. The van der Waals surface area contributed by atoms with Crippen LogP contribution in [0.5, 0.6) is 5.75 Å². The molecule has 0 saturated heterocycles. The molecule has 1 amide bonds. The lowest BCUT2D eigenvalue weighted by molar-refractivity contribution is 0.0714. The quantitative estimate of drug-likeness (QED) is 0.898. The fourth-order valence-corrected chi connectivity index (χ4v) is 2.65. The second kappa shape index (κ2) is 6.95. The Morgan fingerprint density at radius 2 is 2.20 bits per heavy atom. The zero-order valence-corrected chi connectivity index (χ0v) is 12.3. The van der Waals surface area contributed by atoms with Crippen molar-refractivity contribution in [2.45, 2.75) is 44.8 Å². The maximum atomic E-state index is 12.3. The van der Waals surface area contributed by atoms with Gasteiger partial charge in [0.15, 0.2) is 0 Å². The summed E-state index contributed by atoms with van der Waals surface area (Å²) in [5.74, 6) is 0.249. The molecular formula is C15H20ClNO3. The molecule has 0 aliphatic heterocycles. The van der Waals surface area contributed by atoms with E-state index in [1.54, 1.807) is 18.2 Å². The number of ether oxygens (including phenoxy) is 1. The van der Waals surface area contributed by atoms with Crippen LogP contribution in [0, 0.1) is 0 Å². The topological polar surface area (TPSA) is 58.6 Å². The molecule has 2 atom stereocenters. The molecule has 20 heavy (non-hydrogen) atoms. The molecule has 2 N–H and O–H groups in total. The van der Waals surface area contributed by atoms with E-state index < -0.39 is 6.10 Å². The first-order chi connectivity index (χ1) is 9.61. The van der Waals surface area contributed by atoms with Crippen LogP contribution in [0.4, 0.5) is 0 Å². The minimum atomic E-state index is -0.462. The Bertz CT molecular complexity index is 478. The number of aliphatic hydroxyl groups is 1. The summed E-state index contributed by atoms with van der Waals surface area (Å²) in [4.78, 5) is 12.3. The molecule has 0 spiro atoms. The lowest BCUT2D eigenvalue weighted by Crippen LogP contribution is -2.45. The van der Waals surface area contributed by atoms with Gasteiger partial charge in [-0.15, -0.1) is 0 Å². The van der Waals surface area contributed by atoms with E-state index in [0.29, 0.717) is 22.9 Å². The Labute approximate surface area is 124 Å². The fourth-order valence-electron chi connectivity index (χ4n) is 2.48. The predicted octanol–water partition coefficient (Wildman–Crippen LogP) is 2.77. The number of carbonyl (C=O) groups is 1. The van der Waals surface area contributed by atoms with Crippen LogP contribution >= 0.6 is 11.6 Å². The van der Waals surface area contributed by atoms with Crippen molar-refractivity contribution in [2.24, 2.45) is 0 Å². The standard InChI is InChI=1S/C15H20ClNO3/c1-2-20-14-9-10(16)7-8-11(14)15(19)17-12-5-3-4-6-13(12)18/h7-9,12-13,18H,2-6H2,1H3,(H,17,19). The molecule has 1 aliphatic rings. The van der Waals surface area contributed by atoms with E-state index in [4.69, 9.17) is 16.3 Å². The second-order valence-corrected chi connectivity index (χ2v) is 5.44. The fraction of sp³-hybridized carbons (Fsp3) is 0.533. The highest BCUT2D eigenvalue weighted by Gasteiger charge is 2.25. The molecule has 0 bridgehead atoms. The van der Waals surface area contributed by atoms with Gasteiger partial charge in [0.2, 0.25) is 0 Å². The van der Waals surface area contributed by atoms with Gasteiger partial charge in [0, 0.05) is 5.02 Å². The minimum Gasteiger partial charge on any atom is -0.493 e. The zero-order valence-electron chi connectivity index (χ0n) is 11.6. The third-order valence-corrected chi connectivity index (χ3v) is 3.77. The van der Waals surface area contributed by atoms with Gasteiger partial charge < -0.3 is 15.2 Å². The Kier molecular flexibility index (Phi) is 5.26. The molecular weight excluding hydrogens is 278 g/mol. The number of hydrogen-bond donors (Lipinski definition) is 2. The van der Waals surface area contributed by atoms with Crippen molar-refractivity contribution in [3.63, 3.8) is 0 Å². The van der Waals surface area contributed by atoms with Crippen LogP contribution in [-0.4, -0.2) is 29.8 Å². The van der Waals surface area contributed by atoms with E-state index in [-0.39, 0.29) is 11.9 Å². The Morgan fingerprint density at radius 1 is 1.45 bits per heavy atom. The van der Waals surface area contributed by atoms with E-state index in [0.717, 1.165) is 25.7 Å². The molecule has 1 aliphatic carbocycles. The number of halogens is 1. The largest absolute Gasteiger partial charge is 0.493 e. The number of benzene rings is 1. The summed E-state index contributed by atoms with van der Waals surface area (Å²) in [6, 6.07) is 4.77. The Balaban J connectivity index is 2.12. The molecule has 0 heterocycles. The summed E-state index contributed by atoms with van der Waals surface area (Å²) >= 11 is 5.92. The normalized spacial score (nSPS) is 22.4. The Morgan fingerprint density at radius 3 is 2.90 bits per heavy atom. The summed E-state index contributed by atoms with van der Waals surface area (Å²) in [6.07, 6.45) is 3.13. The van der Waals surface area contributed by atoms with Gasteiger partial charge in [-0.25, -0.2) is 0 Å². The minimum absolute atomic E-state index is 0.179. The first-order valence-electron chi connectivity index (χ1n) is 7.03. The molecule has 1 saturated carbocycles. The molecule has 5 heteroatoms. The van der Waals surface area contributed by atoms with Gasteiger partial charge in [-0.05, 0) is 38.0 Å². The van der Waals surface area contributed by atoms with E-state index in [2.05, 4.69) is 5.32 Å². The van der Waals surface area contributed by atoms with Crippen molar-refractivity contribution in [1.29, 1.82) is 0 Å². The van der Waals surface area contributed by atoms with Crippen molar-refractivity contribution in [2.75, 3.05) is 6.61 Å². The van der Waals surface area contributed by atoms with Gasteiger partial charge in [-0.2, -0.15) is 0 Å². The third-order valence-electron chi connectivity index (χ3n) is 3.53. The predicted molar refractivity (Wildman–Crippen MR) is 78.4 cm³/mol. The van der Waals surface area contributed by atoms with E-state index in [1.807, 2.05) is 6.92 Å². The van der Waals surface area contributed by atoms with Gasteiger partial charge >= 0.3 is 0 Å². The number of rotatable bonds is 4. The lowest BCUT2D eigenvalue weighted by Gasteiger charge is -2.28. The highest BCUT2D eigenvalue weighted by molar-refractivity contribution is 6.30. The molecule has 1 fully saturated rings. The number of hydrogen-bond acceptors (Lipinski definition) is 3. The summed E-state index contributed by atoms with van der Waals surface area (Å²) in [7, 11) is 0. The van der Waals surface area contributed by atoms with Gasteiger partial charge in [-0.1, -0.05) is 24.4 Å². The maximum Gasteiger partial charge on any atom is 0.255 e. The number of amides is 1. The van der Waals surface area contributed by atoms with Gasteiger partial charge in [0.05, 0.1) is 24.3 Å². The maximum absolute atomic E-state index is 12.3. The van der Waals surface area contributed by atoms with Crippen LogP contribution in [0.25, 0.3) is 0 Å². The van der Waals surface area contributed by atoms with E-state index in [9.17, 15) is 9.90 Å². The van der Waals surface area contributed by atoms with Crippen molar-refractivity contribution in [3.8, 4) is 5.75 Å². The molecule has 0 radical (unpaired) electrons. The van der Waals surface area contributed by atoms with Crippen LogP contribution in [0.1, 0.15) is 43.0 Å². The van der Waals surface area contributed by atoms with Crippen molar-refractivity contribution in [3.05, 3.63) is 28.8 Å². The number of aliphatic hydroxyl groups excluding tert-OH is 1. The average molecular weight is 298 g/mol. The van der Waals surface area contributed by atoms with Crippen LogP contribution in [0.2, 0.25) is 5.02 Å². The van der Waals surface area contributed by atoms with Gasteiger partial charge in [0.25, 0.3) is 5.91 Å². The van der Waals surface area contributed by atoms with Crippen LogP contribution < -0.4 is 10.1 Å². The molecule has 2 unspecified atom stereocenters. The summed E-state index contributed by atoms with van der Waals surface area (Å²) < 4.78 is 5.45. The lowest BCUT2D eigenvalue weighted by atomic mass is 9.92. The van der Waals surface area contributed by atoms with E-state index >= 15 is 0 Å². The average Bonchev–Trinajstić information content (AvgIpc) is 2.42. The molecule has 2 rings (SSSR count). The van der Waals surface area contributed by atoms with Crippen molar-refractivity contribution < 1.29 is 14.6 Å². The molecule has 0 aromatic heterocycles. The van der Waals surface area contributed by atoms with Crippen molar-refractivity contribution >= 4 is 17.5 Å². The summed E-state index contributed by atoms with van der Waals surface area (Å²) in [5, 5.41) is 13.3. The van der Waals surface area contributed by atoms with E-state index in [1.165, 1.54) is 0 Å². The summed E-state index contributed by atoms with van der Waals surface area (Å²) in [5.41, 5.74) is 0.453. The number of carbonyl (C=O) groups excluding carboxylic acids is 1. The van der Waals surface area contributed by atoms with Gasteiger partial charge in [0.1, 0.15) is 5.75 Å². The van der Waals surface area contributed by atoms with Crippen molar-refractivity contribution in [1.82, 2.24) is 5.32 Å². The molecule has 1 aromatic carbocycles. The second-order valence-electron chi connectivity index (χ2n) is 5.01. The molecule has 4 nitrogen and oxygen atoms in total. The first-order valence-corrected chi connectivity index (χ1v) is 7.41. The Hall–Kier alpha value is -1.26. The third kappa shape index (κ3) is 3.64.